The fourth-order valence-electron chi connectivity index (χ4n) is 2.19. The lowest BCUT2D eigenvalue weighted by atomic mass is 10.1. The van der Waals surface area contributed by atoms with Crippen LogP contribution in [-0.4, -0.2) is 26.3 Å². The average molecular weight is 335 g/mol. The molecule has 0 aliphatic rings. The lowest BCUT2D eigenvalue weighted by molar-refractivity contribution is 0.171. The van der Waals surface area contributed by atoms with E-state index in [1.54, 1.807) is 12.1 Å². The van der Waals surface area contributed by atoms with Gasteiger partial charge in [0.05, 0.1) is 12.4 Å². The smallest absolute Gasteiger partial charge is 0.306 e. The second kappa shape index (κ2) is 7.59. The minimum atomic E-state index is -3.54. The van der Waals surface area contributed by atoms with Crippen molar-refractivity contribution in [1.29, 1.82) is 0 Å². The van der Waals surface area contributed by atoms with Crippen LogP contribution in [0.1, 0.15) is 30.2 Å². The third-order valence-electron chi connectivity index (χ3n) is 3.43. The summed E-state index contributed by atoms with van der Waals surface area (Å²) in [6.07, 6.45) is 0.304. The molecule has 0 saturated carbocycles. The maximum absolute atomic E-state index is 11.1. The molecule has 0 radical (unpaired) electrons. The number of nitrogens with one attached hydrogen (secondary N) is 1. The van der Waals surface area contributed by atoms with E-state index in [-0.39, 0.29) is 11.8 Å². The molecule has 0 aliphatic carbocycles. The third-order valence-corrected chi connectivity index (χ3v) is 3.92. The van der Waals surface area contributed by atoms with Gasteiger partial charge in [0.25, 0.3) is 0 Å². The molecule has 0 aromatic heterocycles. The average Bonchev–Trinajstić information content (AvgIpc) is 2.52. The Morgan fingerprint density at radius 3 is 2.22 bits per heavy atom. The minimum Gasteiger partial charge on any atom is -0.387 e. The van der Waals surface area contributed by atoms with Gasteiger partial charge in [-0.2, -0.15) is 8.42 Å². The molecule has 2 N–H and O–H groups in total. The molecule has 0 aliphatic heterocycles. The Hall–Kier alpha value is -1.89. The first-order chi connectivity index (χ1) is 10.8. The molecule has 0 unspecified atom stereocenters. The standard InChI is InChI=1S/C17H21NO4S/c1-13(14-6-4-3-5-7-14)18-12-17(19)15-8-10-16(11-9-15)22-23(2,20)21/h3-11,13,17-19H,12H2,1-2H3/t13-,17-/m0/s1. The molecule has 0 fully saturated rings. The SMILES string of the molecule is C[C@H](NC[C@H](O)c1ccc(OS(C)(=O)=O)cc1)c1ccccc1. The van der Waals surface area contributed by atoms with Crippen LogP contribution < -0.4 is 9.50 Å². The van der Waals surface area contributed by atoms with Crippen LogP contribution >= 0.6 is 0 Å². The summed E-state index contributed by atoms with van der Waals surface area (Å²) in [5, 5.41) is 13.5. The van der Waals surface area contributed by atoms with Gasteiger partial charge in [-0.05, 0) is 30.2 Å². The maximum atomic E-state index is 11.1. The highest BCUT2D eigenvalue weighted by molar-refractivity contribution is 7.86. The largest absolute Gasteiger partial charge is 0.387 e. The Balaban J connectivity index is 1.92. The van der Waals surface area contributed by atoms with E-state index in [4.69, 9.17) is 4.18 Å². The molecule has 5 nitrogen and oxygen atoms in total. The summed E-state index contributed by atoms with van der Waals surface area (Å²) in [5.74, 6) is 0.231. The molecule has 2 rings (SSSR count). The summed E-state index contributed by atoms with van der Waals surface area (Å²) in [6.45, 7) is 2.42. The van der Waals surface area contributed by atoms with Crippen molar-refractivity contribution >= 4 is 10.1 Å². The molecular formula is C17H21NO4S. The molecule has 0 heterocycles. The van der Waals surface area contributed by atoms with Gasteiger partial charge in [0.2, 0.25) is 0 Å². The van der Waals surface area contributed by atoms with E-state index in [0.717, 1.165) is 11.8 Å². The zero-order valence-corrected chi connectivity index (χ0v) is 14.0. The topological polar surface area (TPSA) is 75.6 Å². The van der Waals surface area contributed by atoms with Crippen LogP contribution in [0.5, 0.6) is 5.75 Å². The van der Waals surface area contributed by atoms with Crippen LogP contribution in [0.15, 0.2) is 54.6 Å². The van der Waals surface area contributed by atoms with Crippen molar-refractivity contribution in [3.63, 3.8) is 0 Å². The zero-order valence-electron chi connectivity index (χ0n) is 13.1. The van der Waals surface area contributed by atoms with Gasteiger partial charge in [0, 0.05) is 12.6 Å². The van der Waals surface area contributed by atoms with Gasteiger partial charge >= 0.3 is 10.1 Å². The van der Waals surface area contributed by atoms with Crippen LogP contribution in [0.3, 0.4) is 0 Å². The second-order valence-electron chi connectivity index (χ2n) is 5.41. The Bertz CT molecular complexity index is 714. The summed E-state index contributed by atoms with van der Waals surface area (Å²) in [7, 11) is -3.54. The second-order valence-corrected chi connectivity index (χ2v) is 6.99. The number of aliphatic hydroxyl groups is 1. The van der Waals surface area contributed by atoms with E-state index in [1.807, 2.05) is 37.3 Å². The molecule has 0 bridgehead atoms. The van der Waals surface area contributed by atoms with E-state index in [0.29, 0.717) is 12.1 Å². The molecule has 2 aromatic rings. The molecule has 124 valence electrons. The fourth-order valence-corrected chi connectivity index (χ4v) is 2.65. The van der Waals surface area contributed by atoms with Crippen molar-refractivity contribution in [2.24, 2.45) is 0 Å². The number of hydrogen-bond acceptors (Lipinski definition) is 5. The number of aliphatic hydroxyl groups excluding tert-OH is 1. The van der Waals surface area contributed by atoms with Crippen LogP contribution in [-0.2, 0) is 10.1 Å². The van der Waals surface area contributed by atoms with E-state index in [9.17, 15) is 13.5 Å². The van der Waals surface area contributed by atoms with Gasteiger partial charge in [-0.25, -0.2) is 0 Å². The third kappa shape index (κ3) is 5.67. The summed E-state index contributed by atoms with van der Waals surface area (Å²) >= 11 is 0. The summed E-state index contributed by atoms with van der Waals surface area (Å²) < 4.78 is 26.9. The Morgan fingerprint density at radius 1 is 1.04 bits per heavy atom. The monoisotopic (exact) mass is 335 g/mol. The van der Waals surface area contributed by atoms with Crippen molar-refractivity contribution in [2.75, 3.05) is 12.8 Å². The van der Waals surface area contributed by atoms with E-state index >= 15 is 0 Å². The molecular weight excluding hydrogens is 314 g/mol. The molecule has 0 saturated heterocycles. The molecule has 2 aromatic carbocycles. The predicted octanol–water partition coefficient (Wildman–Crippen LogP) is 2.41. The van der Waals surface area contributed by atoms with Gasteiger partial charge in [0.15, 0.2) is 0 Å². The minimum absolute atomic E-state index is 0.124. The van der Waals surface area contributed by atoms with E-state index in [2.05, 4.69) is 5.32 Å². The van der Waals surface area contributed by atoms with Crippen LogP contribution in [0.25, 0.3) is 0 Å². The van der Waals surface area contributed by atoms with Gasteiger partial charge in [-0.15, -0.1) is 0 Å². The van der Waals surface area contributed by atoms with Crippen LogP contribution in [0.2, 0.25) is 0 Å². The Morgan fingerprint density at radius 2 is 1.65 bits per heavy atom. The highest BCUT2D eigenvalue weighted by Gasteiger charge is 2.11. The molecule has 0 spiro atoms. The number of hydrogen-bond donors (Lipinski definition) is 2. The summed E-state index contributed by atoms with van der Waals surface area (Å²) in [6, 6.07) is 16.5. The molecule has 23 heavy (non-hydrogen) atoms. The van der Waals surface area contributed by atoms with Crippen molar-refractivity contribution in [2.45, 2.75) is 19.1 Å². The van der Waals surface area contributed by atoms with Crippen molar-refractivity contribution in [3.05, 3.63) is 65.7 Å². The van der Waals surface area contributed by atoms with E-state index in [1.165, 1.54) is 12.1 Å². The molecule has 2 atom stereocenters. The van der Waals surface area contributed by atoms with Gasteiger partial charge in [-0.1, -0.05) is 42.5 Å². The van der Waals surface area contributed by atoms with Gasteiger partial charge < -0.3 is 14.6 Å². The van der Waals surface area contributed by atoms with Crippen molar-refractivity contribution in [3.8, 4) is 5.75 Å². The lowest BCUT2D eigenvalue weighted by Crippen LogP contribution is -2.24. The zero-order chi connectivity index (χ0) is 16.9. The normalized spacial score (nSPS) is 14.2. The molecule has 0 amide bonds. The number of rotatable bonds is 7. The van der Waals surface area contributed by atoms with Crippen LogP contribution in [0, 0.1) is 0 Å². The van der Waals surface area contributed by atoms with E-state index < -0.39 is 16.2 Å². The van der Waals surface area contributed by atoms with Gasteiger partial charge in [0.1, 0.15) is 5.75 Å². The lowest BCUT2D eigenvalue weighted by Gasteiger charge is -2.18. The predicted molar refractivity (Wildman–Crippen MR) is 89.7 cm³/mol. The highest BCUT2D eigenvalue weighted by atomic mass is 32.2. The van der Waals surface area contributed by atoms with Crippen molar-refractivity contribution < 1.29 is 17.7 Å². The van der Waals surface area contributed by atoms with Crippen LogP contribution in [0.4, 0.5) is 0 Å². The fraction of sp³-hybridized carbons (Fsp3) is 0.294. The first-order valence-electron chi connectivity index (χ1n) is 7.31. The maximum Gasteiger partial charge on any atom is 0.306 e. The quantitative estimate of drug-likeness (QED) is 0.760. The highest BCUT2D eigenvalue weighted by Crippen LogP contribution is 2.19. The summed E-state index contributed by atoms with van der Waals surface area (Å²) in [5.41, 5.74) is 1.84. The summed E-state index contributed by atoms with van der Waals surface area (Å²) in [4.78, 5) is 0. The molecule has 6 heteroatoms. The Kier molecular flexibility index (Phi) is 5.76. The van der Waals surface area contributed by atoms with Crippen molar-refractivity contribution in [1.82, 2.24) is 5.32 Å². The Labute approximate surface area is 137 Å². The first-order valence-corrected chi connectivity index (χ1v) is 9.12. The first kappa shape index (κ1) is 17.5. The number of benzene rings is 2. The van der Waals surface area contributed by atoms with Gasteiger partial charge in [-0.3, -0.25) is 0 Å².